The summed E-state index contributed by atoms with van der Waals surface area (Å²) in [5.41, 5.74) is 2.56. The van der Waals surface area contributed by atoms with Gasteiger partial charge in [0, 0.05) is 30.5 Å². The molecule has 0 fully saturated rings. The number of anilines is 1. The van der Waals surface area contributed by atoms with Crippen LogP contribution in [0.4, 0.5) is 5.69 Å². The van der Waals surface area contributed by atoms with Gasteiger partial charge >= 0.3 is 0 Å². The van der Waals surface area contributed by atoms with Gasteiger partial charge in [-0.05, 0) is 50.1 Å². The summed E-state index contributed by atoms with van der Waals surface area (Å²) < 4.78 is 2.04. The van der Waals surface area contributed by atoms with Crippen molar-refractivity contribution in [1.82, 2.24) is 14.9 Å². The standard InChI is InChI=1S/C23H26N4O2/c1-4-16(2)25-23(29)20-7-5-6-8-21(20)26-22(28)19-11-9-18(10-12-19)15-27-14-13-24-17(27)3/h5-14,16H,4,15H2,1-3H3,(H,25,29)(H,26,28)/t16-/m0/s1. The lowest BCUT2D eigenvalue weighted by atomic mass is 10.1. The molecule has 0 unspecified atom stereocenters. The summed E-state index contributed by atoms with van der Waals surface area (Å²) in [5, 5.41) is 5.79. The van der Waals surface area contributed by atoms with Crippen LogP contribution >= 0.6 is 0 Å². The summed E-state index contributed by atoms with van der Waals surface area (Å²) in [4.78, 5) is 29.4. The third-order valence-electron chi connectivity index (χ3n) is 4.90. The molecule has 0 saturated carbocycles. The second-order valence-corrected chi connectivity index (χ2v) is 7.08. The molecule has 0 spiro atoms. The van der Waals surface area contributed by atoms with Crippen molar-refractivity contribution in [2.45, 2.75) is 39.8 Å². The van der Waals surface area contributed by atoms with Crippen molar-refractivity contribution in [2.24, 2.45) is 0 Å². The van der Waals surface area contributed by atoms with Crippen molar-refractivity contribution in [3.8, 4) is 0 Å². The summed E-state index contributed by atoms with van der Waals surface area (Å²) >= 11 is 0. The Labute approximate surface area is 171 Å². The highest BCUT2D eigenvalue weighted by molar-refractivity contribution is 6.09. The quantitative estimate of drug-likeness (QED) is 0.640. The Morgan fingerprint density at radius 1 is 1.07 bits per heavy atom. The van der Waals surface area contributed by atoms with E-state index in [9.17, 15) is 9.59 Å². The molecule has 0 aliphatic heterocycles. The molecule has 150 valence electrons. The molecule has 1 aromatic heterocycles. The highest BCUT2D eigenvalue weighted by atomic mass is 16.2. The predicted molar refractivity (Wildman–Crippen MR) is 114 cm³/mol. The molecule has 3 aromatic rings. The van der Waals surface area contributed by atoms with E-state index >= 15 is 0 Å². The fraction of sp³-hybridized carbons (Fsp3) is 0.261. The van der Waals surface area contributed by atoms with Gasteiger partial charge in [-0.15, -0.1) is 0 Å². The van der Waals surface area contributed by atoms with E-state index in [-0.39, 0.29) is 17.9 Å². The number of aromatic nitrogens is 2. The summed E-state index contributed by atoms with van der Waals surface area (Å²) in [7, 11) is 0. The number of imidazole rings is 1. The first-order valence-electron chi connectivity index (χ1n) is 9.76. The molecule has 3 rings (SSSR count). The summed E-state index contributed by atoms with van der Waals surface area (Å²) in [5.74, 6) is 0.500. The first-order valence-corrected chi connectivity index (χ1v) is 9.76. The number of amides is 2. The van der Waals surface area contributed by atoms with Gasteiger partial charge in [-0.25, -0.2) is 4.98 Å². The van der Waals surface area contributed by atoms with Gasteiger partial charge in [-0.1, -0.05) is 31.2 Å². The molecule has 0 aliphatic rings. The number of benzene rings is 2. The Bertz CT molecular complexity index is 992. The Morgan fingerprint density at radius 3 is 2.45 bits per heavy atom. The van der Waals surface area contributed by atoms with E-state index < -0.39 is 0 Å². The number of nitrogens with one attached hydrogen (secondary N) is 2. The second kappa shape index (κ2) is 9.19. The Balaban J connectivity index is 1.70. The molecular formula is C23H26N4O2. The Morgan fingerprint density at radius 2 is 1.79 bits per heavy atom. The number of hydrogen-bond donors (Lipinski definition) is 2. The van der Waals surface area contributed by atoms with Crippen LogP contribution in [0.1, 0.15) is 52.4 Å². The highest BCUT2D eigenvalue weighted by Gasteiger charge is 2.15. The number of carbonyl (C=O) groups is 2. The van der Waals surface area contributed by atoms with Gasteiger partial charge in [0.25, 0.3) is 11.8 Å². The molecule has 0 bridgehead atoms. The molecule has 0 saturated heterocycles. The molecule has 2 aromatic carbocycles. The number of hydrogen-bond acceptors (Lipinski definition) is 3. The van der Waals surface area contributed by atoms with Crippen LogP contribution in [0, 0.1) is 6.92 Å². The predicted octanol–water partition coefficient (Wildman–Crippen LogP) is 4.02. The lowest BCUT2D eigenvalue weighted by molar-refractivity contribution is 0.0940. The number of carbonyl (C=O) groups excluding carboxylic acids is 2. The summed E-state index contributed by atoms with van der Waals surface area (Å²) in [6.07, 6.45) is 4.54. The van der Waals surface area contributed by atoms with Crippen LogP contribution in [0.3, 0.4) is 0 Å². The van der Waals surface area contributed by atoms with E-state index in [0.717, 1.165) is 17.8 Å². The van der Waals surface area contributed by atoms with Crippen LogP contribution in [-0.2, 0) is 6.54 Å². The average Bonchev–Trinajstić information content (AvgIpc) is 3.13. The second-order valence-electron chi connectivity index (χ2n) is 7.08. The number of rotatable bonds is 7. The van der Waals surface area contributed by atoms with Crippen LogP contribution in [-0.4, -0.2) is 27.4 Å². The van der Waals surface area contributed by atoms with Gasteiger partial charge in [-0.2, -0.15) is 0 Å². The van der Waals surface area contributed by atoms with Crippen molar-refractivity contribution in [1.29, 1.82) is 0 Å². The van der Waals surface area contributed by atoms with Crippen LogP contribution < -0.4 is 10.6 Å². The molecule has 0 aliphatic carbocycles. The summed E-state index contributed by atoms with van der Waals surface area (Å²) in [6.45, 7) is 6.62. The zero-order chi connectivity index (χ0) is 20.8. The molecule has 6 nitrogen and oxygen atoms in total. The molecule has 1 heterocycles. The first-order chi connectivity index (χ1) is 14.0. The largest absolute Gasteiger partial charge is 0.350 e. The van der Waals surface area contributed by atoms with Gasteiger partial charge in [0.05, 0.1) is 11.3 Å². The van der Waals surface area contributed by atoms with E-state index in [2.05, 4.69) is 15.6 Å². The van der Waals surface area contributed by atoms with Crippen molar-refractivity contribution in [3.63, 3.8) is 0 Å². The normalized spacial score (nSPS) is 11.7. The first kappa shape index (κ1) is 20.3. The van der Waals surface area contributed by atoms with E-state index in [1.807, 2.05) is 43.7 Å². The summed E-state index contributed by atoms with van der Waals surface area (Å²) in [6, 6.07) is 14.5. The number of nitrogens with zero attached hydrogens (tertiary/aromatic N) is 2. The van der Waals surface area contributed by atoms with E-state index in [0.29, 0.717) is 23.4 Å². The van der Waals surface area contributed by atoms with E-state index in [4.69, 9.17) is 0 Å². The third-order valence-corrected chi connectivity index (χ3v) is 4.90. The topological polar surface area (TPSA) is 76.0 Å². The molecular weight excluding hydrogens is 364 g/mol. The molecule has 2 N–H and O–H groups in total. The van der Waals surface area contributed by atoms with Gasteiger partial charge in [0.15, 0.2) is 0 Å². The maximum atomic E-state index is 12.7. The highest BCUT2D eigenvalue weighted by Crippen LogP contribution is 2.17. The number of para-hydroxylation sites is 1. The van der Waals surface area contributed by atoms with E-state index in [1.54, 1.807) is 42.6 Å². The molecule has 29 heavy (non-hydrogen) atoms. The lowest BCUT2D eigenvalue weighted by Gasteiger charge is -2.15. The minimum atomic E-state index is -0.251. The van der Waals surface area contributed by atoms with Crippen molar-refractivity contribution in [2.75, 3.05) is 5.32 Å². The van der Waals surface area contributed by atoms with Crippen LogP contribution in [0.2, 0.25) is 0 Å². The molecule has 0 radical (unpaired) electrons. The van der Waals surface area contributed by atoms with Crippen LogP contribution in [0.15, 0.2) is 60.9 Å². The smallest absolute Gasteiger partial charge is 0.255 e. The van der Waals surface area contributed by atoms with Gasteiger partial charge in [-0.3, -0.25) is 9.59 Å². The van der Waals surface area contributed by atoms with Crippen LogP contribution in [0.5, 0.6) is 0 Å². The maximum absolute atomic E-state index is 12.7. The lowest BCUT2D eigenvalue weighted by Crippen LogP contribution is -2.32. The zero-order valence-corrected chi connectivity index (χ0v) is 17.0. The monoisotopic (exact) mass is 390 g/mol. The van der Waals surface area contributed by atoms with Crippen molar-refractivity contribution >= 4 is 17.5 Å². The third kappa shape index (κ3) is 5.10. The van der Waals surface area contributed by atoms with Crippen LogP contribution in [0.25, 0.3) is 0 Å². The van der Waals surface area contributed by atoms with Gasteiger partial charge < -0.3 is 15.2 Å². The SMILES string of the molecule is CC[C@H](C)NC(=O)c1ccccc1NC(=O)c1ccc(Cn2ccnc2C)cc1. The fourth-order valence-corrected chi connectivity index (χ4v) is 2.92. The average molecular weight is 390 g/mol. The van der Waals surface area contributed by atoms with Crippen molar-refractivity contribution < 1.29 is 9.59 Å². The Kier molecular flexibility index (Phi) is 6.44. The van der Waals surface area contributed by atoms with Crippen molar-refractivity contribution in [3.05, 3.63) is 83.4 Å². The van der Waals surface area contributed by atoms with Gasteiger partial charge in [0.2, 0.25) is 0 Å². The minimum Gasteiger partial charge on any atom is -0.350 e. The Hall–Kier alpha value is -3.41. The maximum Gasteiger partial charge on any atom is 0.255 e. The zero-order valence-electron chi connectivity index (χ0n) is 17.0. The number of aryl methyl sites for hydroxylation is 1. The fourth-order valence-electron chi connectivity index (χ4n) is 2.92. The van der Waals surface area contributed by atoms with E-state index in [1.165, 1.54) is 0 Å². The molecule has 6 heteroatoms. The molecule has 2 amide bonds. The molecule has 1 atom stereocenters. The minimum absolute atomic E-state index is 0.0675. The van der Waals surface area contributed by atoms with Gasteiger partial charge in [0.1, 0.15) is 5.82 Å².